The van der Waals surface area contributed by atoms with Crippen molar-refractivity contribution in [1.29, 1.82) is 5.26 Å². The number of nitrogens with one attached hydrogen (secondary N) is 2. The maximum Gasteiger partial charge on any atom is 0.335 e. The summed E-state index contributed by atoms with van der Waals surface area (Å²) in [5.41, 5.74) is 0.813. The minimum absolute atomic E-state index is 0.0128. The molecule has 0 aliphatic carbocycles. The topological polar surface area (TPSA) is 156 Å². The van der Waals surface area contributed by atoms with E-state index in [9.17, 15) is 29.5 Å². The SMILES string of the molecule is Cc1cc2cc(N/C(N[C@H]3CCCCN(CC(=O)N4CCCC4)C3=O)=C(/C#N)C(=O)c3cccc(C(=O)O)c3)ccc2o1. The number of aryl methyl sites for hydroxylation is 1. The van der Waals surface area contributed by atoms with Gasteiger partial charge in [0.2, 0.25) is 17.6 Å². The number of furan rings is 1. The van der Waals surface area contributed by atoms with Crippen LogP contribution >= 0.6 is 0 Å². The Labute approximate surface area is 248 Å². The number of allylic oxidation sites excluding steroid dienone is 1. The molecule has 2 aliphatic heterocycles. The van der Waals surface area contributed by atoms with E-state index in [2.05, 4.69) is 10.6 Å². The number of Topliss-reactive ketones (excluding diaryl/α,β-unsaturated/α-hetero) is 1. The minimum Gasteiger partial charge on any atom is -0.478 e. The number of benzene rings is 2. The number of amides is 2. The Hall–Kier alpha value is -5.11. The van der Waals surface area contributed by atoms with Crippen LogP contribution in [0.3, 0.4) is 0 Å². The van der Waals surface area contributed by atoms with Crippen LogP contribution in [0, 0.1) is 18.3 Å². The van der Waals surface area contributed by atoms with Gasteiger partial charge in [-0.05, 0) is 75.4 Å². The van der Waals surface area contributed by atoms with E-state index >= 15 is 0 Å². The second kappa shape index (κ2) is 12.8. The molecule has 11 nitrogen and oxygen atoms in total. The van der Waals surface area contributed by atoms with Gasteiger partial charge in [0.25, 0.3) is 0 Å². The molecule has 0 spiro atoms. The van der Waals surface area contributed by atoms with E-state index in [1.54, 1.807) is 28.0 Å². The van der Waals surface area contributed by atoms with Gasteiger partial charge in [-0.25, -0.2) is 4.79 Å². The number of carboxylic acid groups (broad SMARTS) is 1. The summed E-state index contributed by atoms with van der Waals surface area (Å²) in [7, 11) is 0. The molecule has 2 aliphatic rings. The lowest BCUT2D eigenvalue weighted by molar-refractivity contribution is -0.140. The number of carbonyl (C=O) groups excluding carboxylic acids is 3. The molecule has 2 fully saturated rings. The summed E-state index contributed by atoms with van der Waals surface area (Å²) >= 11 is 0. The van der Waals surface area contributed by atoms with Gasteiger partial charge in [-0.15, -0.1) is 0 Å². The van der Waals surface area contributed by atoms with Crippen LogP contribution < -0.4 is 10.6 Å². The number of likely N-dealkylation sites (tertiary alicyclic amines) is 2. The molecule has 222 valence electrons. The Balaban J connectivity index is 1.48. The standard InChI is InChI=1S/C32H33N5O6/c1-20-15-23-17-24(10-11-27(23)43-20)34-30(25(18-33)29(39)21-7-6-8-22(16-21)32(41)42)35-26-9-2-3-14-37(31(26)40)19-28(38)36-12-4-5-13-36/h6-8,10-11,15-17,26,34-35H,2-5,9,12-14,19H2,1H3,(H,41,42)/b30-25+/t26-/m0/s1. The van der Waals surface area contributed by atoms with E-state index in [0.29, 0.717) is 50.2 Å². The van der Waals surface area contributed by atoms with Crippen LogP contribution in [0.25, 0.3) is 11.0 Å². The van der Waals surface area contributed by atoms with Crippen molar-refractivity contribution in [2.24, 2.45) is 0 Å². The molecule has 0 radical (unpaired) electrons. The van der Waals surface area contributed by atoms with Crippen LogP contribution in [0.5, 0.6) is 0 Å². The molecule has 43 heavy (non-hydrogen) atoms. The average Bonchev–Trinajstić information content (AvgIpc) is 3.63. The Morgan fingerprint density at radius 1 is 1.02 bits per heavy atom. The fourth-order valence-corrected chi connectivity index (χ4v) is 5.53. The van der Waals surface area contributed by atoms with Crippen molar-refractivity contribution >= 4 is 40.2 Å². The summed E-state index contributed by atoms with van der Waals surface area (Å²) in [6, 6.07) is 13.7. The lowest BCUT2D eigenvalue weighted by Crippen LogP contribution is -2.49. The van der Waals surface area contributed by atoms with Gasteiger partial charge in [-0.1, -0.05) is 12.1 Å². The zero-order chi connectivity index (χ0) is 30.5. The first-order chi connectivity index (χ1) is 20.7. The second-order valence-corrected chi connectivity index (χ2v) is 10.9. The first kappa shape index (κ1) is 29.4. The van der Waals surface area contributed by atoms with Crippen molar-refractivity contribution in [3.8, 4) is 6.07 Å². The summed E-state index contributed by atoms with van der Waals surface area (Å²) in [5.74, 6) is -1.55. The van der Waals surface area contributed by atoms with E-state index < -0.39 is 17.8 Å². The van der Waals surface area contributed by atoms with Gasteiger partial charge in [-0.3, -0.25) is 14.4 Å². The summed E-state index contributed by atoms with van der Waals surface area (Å²) in [6.07, 6.45) is 3.75. The van der Waals surface area contributed by atoms with Crippen LogP contribution in [-0.4, -0.2) is 70.7 Å². The normalized spacial score (nSPS) is 17.7. The highest BCUT2D eigenvalue weighted by Gasteiger charge is 2.32. The summed E-state index contributed by atoms with van der Waals surface area (Å²) in [6.45, 7) is 3.63. The number of fused-ring (bicyclic) bond motifs is 1. The fraction of sp³-hybridized carbons (Fsp3) is 0.344. The number of rotatable bonds is 9. The van der Waals surface area contributed by atoms with Crippen LogP contribution in [0.4, 0.5) is 5.69 Å². The quantitative estimate of drug-likeness (QED) is 0.192. The highest BCUT2D eigenvalue weighted by atomic mass is 16.4. The monoisotopic (exact) mass is 583 g/mol. The molecule has 3 heterocycles. The van der Waals surface area contributed by atoms with Crippen molar-refractivity contribution in [1.82, 2.24) is 15.1 Å². The molecule has 2 saturated heterocycles. The predicted octanol–water partition coefficient (Wildman–Crippen LogP) is 4.06. The van der Waals surface area contributed by atoms with Crippen molar-refractivity contribution in [3.63, 3.8) is 0 Å². The molecule has 3 N–H and O–H groups in total. The first-order valence-electron chi connectivity index (χ1n) is 14.4. The highest BCUT2D eigenvalue weighted by molar-refractivity contribution is 6.12. The van der Waals surface area contributed by atoms with Gasteiger partial charge in [0.05, 0.1) is 12.1 Å². The molecule has 0 unspecified atom stereocenters. The maximum atomic E-state index is 13.7. The van der Waals surface area contributed by atoms with E-state index in [1.165, 1.54) is 24.3 Å². The summed E-state index contributed by atoms with van der Waals surface area (Å²) in [5, 5.41) is 26.7. The van der Waals surface area contributed by atoms with Gasteiger partial charge in [0, 0.05) is 36.3 Å². The number of hydrogen-bond acceptors (Lipinski definition) is 8. The smallest absolute Gasteiger partial charge is 0.335 e. The summed E-state index contributed by atoms with van der Waals surface area (Å²) < 4.78 is 5.66. The zero-order valence-corrected chi connectivity index (χ0v) is 23.9. The van der Waals surface area contributed by atoms with Gasteiger partial charge in [0.1, 0.15) is 34.8 Å². The van der Waals surface area contributed by atoms with Crippen molar-refractivity contribution in [3.05, 3.63) is 76.8 Å². The predicted molar refractivity (Wildman–Crippen MR) is 158 cm³/mol. The number of anilines is 1. The lowest BCUT2D eigenvalue weighted by atomic mass is 10.0. The Bertz CT molecular complexity index is 1650. The van der Waals surface area contributed by atoms with E-state index in [-0.39, 0.29) is 40.9 Å². The van der Waals surface area contributed by atoms with Crippen molar-refractivity contribution < 1.29 is 28.7 Å². The highest BCUT2D eigenvalue weighted by Crippen LogP contribution is 2.25. The molecule has 2 amide bonds. The molecule has 1 atom stereocenters. The largest absolute Gasteiger partial charge is 0.478 e. The number of carboxylic acids is 1. The first-order valence-corrected chi connectivity index (χ1v) is 14.4. The Morgan fingerprint density at radius 3 is 2.51 bits per heavy atom. The number of carbonyl (C=O) groups is 4. The van der Waals surface area contributed by atoms with Crippen LogP contribution in [-0.2, 0) is 9.59 Å². The fourth-order valence-electron chi connectivity index (χ4n) is 5.53. The molecule has 0 saturated carbocycles. The second-order valence-electron chi connectivity index (χ2n) is 10.9. The van der Waals surface area contributed by atoms with Gasteiger partial charge < -0.3 is 30.0 Å². The van der Waals surface area contributed by atoms with Crippen molar-refractivity contribution in [2.45, 2.75) is 45.1 Å². The Kier molecular flexibility index (Phi) is 8.76. The molecular formula is C32H33N5O6. The number of ketones is 1. The summed E-state index contributed by atoms with van der Waals surface area (Å²) in [4.78, 5) is 55.1. The van der Waals surface area contributed by atoms with E-state index in [0.717, 1.165) is 24.0 Å². The van der Waals surface area contributed by atoms with Gasteiger partial charge in [0.15, 0.2) is 0 Å². The van der Waals surface area contributed by atoms with E-state index in [1.807, 2.05) is 19.1 Å². The minimum atomic E-state index is -1.20. The Morgan fingerprint density at radius 2 is 1.77 bits per heavy atom. The molecule has 5 rings (SSSR count). The third-order valence-corrected chi connectivity index (χ3v) is 7.75. The van der Waals surface area contributed by atoms with Crippen LogP contribution in [0.1, 0.15) is 58.6 Å². The zero-order valence-electron chi connectivity index (χ0n) is 23.9. The van der Waals surface area contributed by atoms with Gasteiger partial charge >= 0.3 is 5.97 Å². The third-order valence-electron chi connectivity index (χ3n) is 7.75. The average molecular weight is 584 g/mol. The van der Waals surface area contributed by atoms with Crippen molar-refractivity contribution in [2.75, 3.05) is 31.5 Å². The number of nitrogens with zero attached hydrogens (tertiary/aromatic N) is 3. The molecule has 1 aromatic heterocycles. The number of aromatic carboxylic acids is 1. The molecule has 0 bridgehead atoms. The third kappa shape index (κ3) is 6.70. The molecule has 2 aromatic carbocycles. The lowest BCUT2D eigenvalue weighted by Gasteiger charge is -2.28. The van der Waals surface area contributed by atoms with Gasteiger partial charge in [-0.2, -0.15) is 5.26 Å². The van der Waals surface area contributed by atoms with E-state index in [4.69, 9.17) is 4.42 Å². The molecular weight excluding hydrogens is 550 g/mol. The van der Waals surface area contributed by atoms with Crippen LogP contribution in [0.2, 0.25) is 0 Å². The molecule has 11 heteroatoms. The number of hydrogen-bond donors (Lipinski definition) is 3. The van der Waals surface area contributed by atoms with Crippen LogP contribution in [0.15, 0.2) is 64.3 Å². The number of nitriles is 1. The molecule has 3 aromatic rings. The maximum absolute atomic E-state index is 13.7.